The average molecular weight is 210 g/mol. The van der Waals surface area contributed by atoms with Crippen LogP contribution >= 0.6 is 0 Å². The zero-order chi connectivity index (χ0) is 10.5. The lowest BCUT2D eigenvalue weighted by atomic mass is 9.81. The van der Waals surface area contributed by atoms with Crippen LogP contribution in [0.25, 0.3) is 0 Å². The van der Waals surface area contributed by atoms with Crippen LogP contribution in [0.15, 0.2) is 0 Å². The predicted octanol–water partition coefficient (Wildman–Crippen LogP) is 2.11. The first-order valence-corrected chi connectivity index (χ1v) is 6.77. The molecule has 88 valence electrons. The van der Waals surface area contributed by atoms with E-state index in [-0.39, 0.29) is 0 Å². The summed E-state index contributed by atoms with van der Waals surface area (Å²) < 4.78 is 0. The van der Waals surface area contributed by atoms with Gasteiger partial charge in [-0.15, -0.1) is 0 Å². The molecule has 0 atom stereocenters. The van der Waals surface area contributed by atoms with Gasteiger partial charge in [-0.2, -0.15) is 0 Å². The lowest BCUT2D eigenvalue weighted by Crippen LogP contribution is -2.44. The average Bonchev–Trinajstić information content (AvgIpc) is 2.30. The van der Waals surface area contributed by atoms with Crippen molar-refractivity contribution >= 4 is 0 Å². The van der Waals surface area contributed by atoms with Crippen molar-refractivity contribution in [1.29, 1.82) is 0 Å². The Balaban J connectivity index is 1.60. The highest BCUT2D eigenvalue weighted by Gasteiger charge is 2.19. The van der Waals surface area contributed by atoms with Gasteiger partial charge in [-0.25, -0.2) is 0 Å². The van der Waals surface area contributed by atoms with Crippen molar-refractivity contribution in [3.63, 3.8) is 0 Å². The van der Waals surface area contributed by atoms with Crippen LogP contribution in [0.1, 0.15) is 39.0 Å². The molecule has 1 heterocycles. The molecule has 2 aliphatic rings. The fourth-order valence-electron chi connectivity index (χ4n) is 2.92. The second-order valence-electron chi connectivity index (χ2n) is 5.51. The molecular weight excluding hydrogens is 184 g/mol. The summed E-state index contributed by atoms with van der Waals surface area (Å²) in [4.78, 5) is 2.63. The molecule has 1 N–H and O–H groups in total. The second-order valence-corrected chi connectivity index (χ2v) is 5.51. The van der Waals surface area contributed by atoms with E-state index in [1.165, 1.54) is 64.8 Å². The zero-order valence-corrected chi connectivity index (χ0v) is 10.2. The van der Waals surface area contributed by atoms with Gasteiger partial charge in [-0.05, 0) is 24.8 Å². The first-order chi connectivity index (χ1) is 7.34. The van der Waals surface area contributed by atoms with Crippen LogP contribution in [0, 0.1) is 11.8 Å². The van der Waals surface area contributed by atoms with Gasteiger partial charge in [0.25, 0.3) is 0 Å². The van der Waals surface area contributed by atoms with Crippen molar-refractivity contribution in [2.24, 2.45) is 11.8 Å². The lowest BCUT2D eigenvalue weighted by Gasteiger charge is -2.31. The molecule has 0 amide bonds. The largest absolute Gasteiger partial charge is 0.314 e. The van der Waals surface area contributed by atoms with Crippen LogP contribution in [-0.4, -0.2) is 37.6 Å². The van der Waals surface area contributed by atoms with Crippen LogP contribution in [0.3, 0.4) is 0 Å². The number of rotatable bonds is 3. The summed E-state index contributed by atoms with van der Waals surface area (Å²) in [5.41, 5.74) is 0. The number of nitrogens with one attached hydrogen (secondary N) is 1. The third-order valence-corrected chi connectivity index (χ3v) is 4.20. The molecule has 0 aromatic rings. The number of piperazine rings is 1. The van der Waals surface area contributed by atoms with Gasteiger partial charge in [-0.3, -0.25) is 0 Å². The molecule has 2 fully saturated rings. The SMILES string of the molecule is CC1CCC(CCN2CCNCC2)CC1. The maximum atomic E-state index is 3.42. The van der Waals surface area contributed by atoms with E-state index in [2.05, 4.69) is 17.1 Å². The molecule has 0 unspecified atom stereocenters. The van der Waals surface area contributed by atoms with Crippen LogP contribution in [0.4, 0.5) is 0 Å². The minimum atomic E-state index is 1.00. The van der Waals surface area contributed by atoms with E-state index in [9.17, 15) is 0 Å². The van der Waals surface area contributed by atoms with Crippen LogP contribution in [0.2, 0.25) is 0 Å². The molecule has 2 heteroatoms. The van der Waals surface area contributed by atoms with Gasteiger partial charge >= 0.3 is 0 Å². The highest BCUT2D eigenvalue weighted by atomic mass is 15.2. The summed E-state index contributed by atoms with van der Waals surface area (Å²) in [6.45, 7) is 8.68. The smallest absolute Gasteiger partial charge is 0.0107 e. The van der Waals surface area contributed by atoms with Gasteiger partial charge in [0, 0.05) is 26.2 Å². The predicted molar refractivity (Wildman–Crippen MR) is 65.0 cm³/mol. The Labute approximate surface area is 94.4 Å². The van der Waals surface area contributed by atoms with E-state index >= 15 is 0 Å². The first-order valence-electron chi connectivity index (χ1n) is 6.77. The summed E-state index contributed by atoms with van der Waals surface area (Å²) in [5, 5.41) is 3.42. The third kappa shape index (κ3) is 3.76. The lowest BCUT2D eigenvalue weighted by molar-refractivity contribution is 0.199. The topological polar surface area (TPSA) is 15.3 Å². The minimum Gasteiger partial charge on any atom is -0.314 e. The van der Waals surface area contributed by atoms with E-state index in [1.54, 1.807) is 0 Å². The van der Waals surface area contributed by atoms with Crippen molar-refractivity contribution < 1.29 is 0 Å². The normalized spacial score (nSPS) is 34.2. The van der Waals surface area contributed by atoms with Gasteiger partial charge in [0.2, 0.25) is 0 Å². The fourth-order valence-corrected chi connectivity index (χ4v) is 2.92. The van der Waals surface area contributed by atoms with Crippen LogP contribution in [0.5, 0.6) is 0 Å². The van der Waals surface area contributed by atoms with Crippen molar-refractivity contribution in [3.05, 3.63) is 0 Å². The maximum absolute atomic E-state index is 3.42. The summed E-state index contributed by atoms with van der Waals surface area (Å²) in [7, 11) is 0. The van der Waals surface area contributed by atoms with Crippen molar-refractivity contribution in [2.75, 3.05) is 32.7 Å². The molecule has 1 saturated carbocycles. The Morgan fingerprint density at radius 3 is 2.40 bits per heavy atom. The van der Waals surface area contributed by atoms with Gasteiger partial charge in [0.05, 0.1) is 0 Å². The monoisotopic (exact) mass is 210 g/mol. The molecule has 0 aromatic carbocycles. The van der Waals surface area contributed by atoms with Crippen molar-refractivity contribution in [1.82, 2.24) is 10.2 Å². The van der Waals surface area contributed by atoms with Gasteiger partial charge in [0.1, 0.15) is 0 Å². The van der Waals surface area contributed by atoms with Crippen molar-refractivity contribution in [3.8, 4) is 0 Å². The quantitative estimate of drug-likeness (QED) is 0.767. The van der Waals surface area contributed by atoms with Crippen LogP contribution < -0.4 is 5.32 Å². The van der Waals surface area contributed by atoms with Gasteiger partial charge in [-0.1, -0.05) is 32.6 Å². The van der Waals surface area contributed by atoms with E-state index in [4.69, 9.17) is 0 Å². The van der Waals surface area contributed by atoms with E-state index < -0.39 is 0 Å². The number of nitrogens with zero attached hydrogens (tertiary/aromatic N) is 1. The summed E-state index contributed by atoms with van der Waals surface area (Å²) >= 11 is 0. The highest BCUT2D eigenvalue weighted by Crippen LogP contribution is 2.30. The number of hydrogen-bond acceptors (Lipinski definition) is 2. The Bertz CT molecular complexity index is 167. The van der Waals surface area contributed by atoms with E-state index in [0.717, 1.165) is 11.8 Å². The summed E-state index contributed by atoms with van der Waals surface area (Å²) in [6.07, 6.45) is 7.39. The molecule has 2 rings (SSSR count). The van der Waals surface area contributed by atoms with Crippen molar-refractivity contribution in [2.45, 2.75) is 39.0 Å². The minimum absolute atomic E-state index is 1.00. The van der Waals surface area contributed by atoms with E-state index in [1.807, 2.05) is 0 Å². The second kappa shape index (κ2) is 5.86. The molecule has 0 bridgehead atoms. The Morgan fingerprint density at radius 1 is 1.07 bits per heavy atom. The fraction of sp³-hybridized carbons (Fsp3) is 1.00. The molecular formula is C13H26N2. The maximum Gasteiger partial charge on any atom is 0.0107 e. The molecule has 0 aromatic heterocycles. The Morgan fingerprint density at radius 2 is 1.73 bits per heavy atom. The molecule has 1 aliphatic heterocycles. The Kier molecular flexibility index (Phi) is 4.45. The highest BCUT2D eigenvalue weighted by molar-refractivity contribution is 4.73. The zero-order valence-electron chi connectivity index (χ0n) is 10.2. The molecule has 0 radical (unpaired) electrons. The standard InChI is InChI=1S/C13H26N2/c1-12-2-4-13(5-3-12)6-9-15-10-7-14-8-11-15/h12-14H,2-11H2,1H3. The Hall–Kier alpha value is -0.0800. The first kappa shape index (κ1) is 11.4. The molecule has 1 saturated heterocycles. The molecule has 15 heavy (non-hydrogen) atoms. The van der Waals surface area contributed by atoms with Crippen LogP contribution in [-0.2, 0) is 0 Å². The number of hydrogen-bond donors (Lipinski definition) is 1. The molecule has 0 spiro atoms. The van der Waals surface area contributed by atoms with Gasteiger partial charge < -0.3 is 10.2 Å². The van der Waals surface area contributed by atoms with E-state index in [0.29, 0.717) is 0 Å². The summed E-state index contributed by atoms with van der Waals surface area (Å²) in [6, 6.07) is 0. The molecule has 1 aliphatic carbocycles. The van der Waals surface area contributed by atoms with Gasteiger partial charge in [0.15, 0.2) is 0 Å². The summed E-state index contributed by atoms with van der Waals surface area (Å²) in [5.74, 6) is 2.04. The molecule has 2 nitrogen and oxygen atoms in total. The third-order valence-electron chi connectivity index (χ3n) is 4.20.